The Morgan fingerprint density at radius 3 is 2.52 bits per heavy atom. The van der Waals surface area contributed by atoms with Crippen LogP contribution in [-0.2, 0) is 19.6 Å². The Kier molecular flexibility index (Phi) is 5.38. The van der Waals surface area contributed by atoms with Crippen molar-refractivity contribution in [2.24, 2.45) is 0 Å². The molecule has 136 valence electrons. The number of amides is 1. The fourth-order valence-electron chi connectivity index (χ4n) is 2.37. The maximum atomic E-state index is 12.3. The Morgan fingerprint density at radius 2 is 2.00 bits per heavy atom. The number of nitrogens with zero attached hydrogens (tertiary/aromatic N) is 2. The largest absolute Gasteiger partial charge is 0.480 e. The predicted molar refractivity (Wildman–Crippen MR) is 85.3 cm³/mol. The van der Waals surface area contributed by atoms with Gasteiger partial charge in [-0.3, -0.25) is 14.9 Å². The fourth-order valence-corrected chi connectivity index (χ4v) is 3.51. The highest BCUT2D eigenvalue weighted by Gasteiger charge is 2.38. The summed E-state index contributed by atoms with van der Waals surface area (Å²) in [5.41, 5.74) is -0.611. The van der Waals surface area contributed by atoms with E-state index in [-0.39, 0.29) is 6.04 Å². The minimum atomic E-state index is -4.30. The van der Waals surface area contributed by atoms with Crippen LogP contribution in [0.4, 0.5) is 5.69 Å². The number of para-hydroxylation sites is 1. The molecule has 0 aliphatic heterocycles. The summed E-state index contributed by atoms with van der Waals surface area (Å²) in [6, 6.07) is 3.44. The van der Waals surface area contributed by atoms with Gasteiger partial charge >= 0.3 is 5.97 Å². The van der Waals surface area contributed by atoms with E-state index >= 15 is 0 Å². The van der Waals surface area contributed by atoms with Crippen molar-refractivity contribution in [1.29, 1.82) is 0 Å². The molecule has 25 heavy (non-hydrogen) atoms. The first-order valence-electron chi connectivity index (χ1n) is 7.42. The van der Waals surface area contributed by atoms with Gasteiger partial charge in [0.2, 0.25) is 15.9 Å². The number of hydrogen-bond acceptors (Lipinski definition) is 6. The quantitative estimate of drug-likeness (QED) is 0.494. The summed E-state index contributed by atoms with van der Waals surface area (Å²) in [7, 11) is -4.30. The van der Waals surface area contributed by atoms with Crippen molar-refractivity contribution in [2.75, 3.05) is 6.54 Å². The van der Waals surface area contributed by atoms with Crippen molar-refractivity contribution in [3.63, 3.8) is 0 Å². The molecule has 0 saturated heterocycles. The van der Waals surface area contributed by atoms with Gasteiger partial charge in [0.05, 0.1) is 11.5 Å². The van der Waals surface area contributed by atoms with Gasteiger partial charge in [0.1, 0.15) is 6.04 Å². The third kappa shape index (κ3) is 4.31. The molecule has 1 aromatic rings. The number of aliphatic carboxylic acids is 1. The van der Waals surface area contributed by atoms with E-state index in [1.54, 1.807) is 0 Å². The Hall–Kier alpha value is -2.53. The first kappa shape index (κ1) is 18.8. The van der Waals surface area contributed by atoms with Crippen LogP contribution in [0, 0.1) is 10.1 Å². The molecule has 1 fully saturated rings. The Balaban J connectivity index is 2.15. The van der Waals surface area contributed by atoms with Gasteiger partial charge in [0.15, 0.2) is 4.90 Å². The molecule has 1 amide bonds. The van der Waals surface area contributed by atoms with Gasteiger partial charge in [-0.25, -0.2) is 17.9 Å². The standard InChI is InChI=1S/C14H17N3O7S/c1-9(14(19)20)16(10-6-7-10)13(18)8-15-25(23,24)12-5-3-2-4-11(12)17(21)22/h2-5,9-10,15H,6-8H2,1H3,(H,19,20). The predicted octanol–water partition coefficient (Wildman–Crippen LogP) is 0.337. The average Bonchev–Trinajstić information content (AvgIpc) is 3.38. The summed E-state index contributed by atoms with van der Waals surface area (Å²) in [5.74, 6) is -1.89. The zero-order chi connectivity index (χ0) is 18.8. The van der Waals surface area contributed by atoms with E-state index in [1.807, 2.05) is 4.72 Å². The van der Waals surface area contributed by atoms with E-state index in [1.165, 1.54) is 19.1 Å². The van der Waals surface area contributed by atoms with Gasteiger partial charge in [-0.05, 0) is 25.8 Å². The van der Waals surface area contributed by atoms with Gasteiger partial charge in [-0.2, -0.15) is 0 Å². The third-order valence-electron chi connectivity index (χ3n) is 3.77. The summed E-state index contributed by atoms with van der Waals surface area (Å²) >= 11 is 0. The van der Waals surface area contributed by atoms with Crippen molar-refractivity contribution in [3.05, 3.63) is 34.4 Å². The second kappa shape index (κ2) is 7.15. The lowest BCUT2D eigenvalue weighted by molar-refractivity contribution is -0.387. The highest BCUT2D eigenvalue weighted by atomic mass is 32.2. The zero-order valence-corrected chi connectivity index (χ0v) is 14.1. The number of hydrogen-bond donors (Lipinski definition) is 2. The fraction of sp³-hybridized carbons (Fsp3) is 0.429. The van der Waals surface area contributed by atoms with Crippen LogP contribution in [-0.4, -0.2) is 53.9 Å². The summed E-state index contributed by atoms with van der Waals surface area (Å²) in [5, 5.41) is 20.0. The van der Waals surface area contributed by atoms with E-state index < -0.39 is 50.0 Å². The number of rotatable bonds is 8. The molecule has 1 aromatic carbocycles. The van der Waals surface area contributed by atoms with E-state index in [0.717, 1.165) is 17.0 Å². The van der Waals surface area contributed by atoms with Gasteiger partial charge in [0.25, 0.3) is 5.69 Å². The molecular formula is C14H17N3O7S. The topological polar surface area (TPSA) is 147 Å². The first-order chi connectivity index (χ1) is 11.6. The van der Waals surface area contributed by atoms with Crippen LogP contribution >= 0.6 is 0 Å². The molecule has 0 bridgehead atoms. The SMILES string of the molecule is CC(C(=O)O)N(C(=O)CNS(=O)(=O)c1ccccc1[N+](=O)[O-])C1CC1. The van der Waals surface area contributed by atoms with Crippen molar-refractivity contribution in [1.82, 2.24) is 9.62 Å². The molecule has 2 rings (SSSR count). The zero-order valence-electron chi connectivity index (χ0n) is 13.3. The lowest BCUT2D eigenvalue weighted by Crippen LogP contribution is -2.48. The summed E-state index contributed by atoms with van der Waals surface area (Å²) in [6.07, 6.45) is 1.31. The highest BCUT2D eigenvalue weighted by molar-refractivity contribution is 7.89. The molecule has 1 aliphatic carbocycles. The molecule has 1 unspecified atom stereocenters. The number of carbonyl (C=O) groups is 2. The van der Waals surface area contributed by atoms with Gasteiger partial charge in [0, 0.05) is 12.1 Å². The molecule has 0 radical (unpaired) electrons. The van der Waals surface area contributed by atoms with Crippen LogP contribution in [0.1, 0.15) is 19.8 Å². The molecule has 10 nitrogen and oxygen atoms in total. The van der Waals surface area contributed by atoms with Crippen molar-refractivity contribution < 1.29 is 28.0 Å². The Morgan fingerprint density at radius 1 is 1.40 bits per heavy atom. The molecule has 0 aromatic heterocycles. The lowest BCUT2D eigenvalue weighted by Gasteiger charge is -2.26. The van der Waals surface area contributed by atoms with Crippen LogP contribution in [0.3, 0.4) is 0 Å². The monoisotopic (exact) mass is 371 g/mol. The minimum Gasteiger partial charge on any atom is -0.480 e. The van der Waals surface area contributed by atoms with Crippen LogP contribution in [0.15, 0.2) is 29.2 Å². The second-order valence-corrected chi connectivity index (χ2v) is 7.33. The number of sulfonamides is 1. The summed E-state index contributed by atoms with van der Waals surface area (Å²) in [4.78, 5) is 34.1. The maximum absolute atomic E-state index is 12.3. The van der Waals surface area contributed by atoms with Crippen molar-refractivity contribution >= 4 is 27.6 Å². The molecule has 2 N–H and O–H groups in total. The van der Waals surface area contributed by atoms with Crippen LogP contribution in [0.5, 0.6) is 0 Å². The normalized spacial score (nSPS) is 15.4. The van der Waals surface area contributed by atoms with E-state index in [2.05, 4.69) is 0 Å². The Labute approximate surface area is 143 Å². The first-order valence-corrected chi connectivity index (χ1v) is 8.90. The van der Waals surface area contributed by atoms with Gasteiger partial charge in [-0.15, -0.1) is 0 Å². The number of nitro benzene ring substituents is 1. The average molecular weight is 371 g/mol. The van der Waals surface area contributed by atoms with Crippen molar-refractivity contribution in [2.45, 2.75) is 36.7 Å². The van der Waals surface area contributed by atoms with Crippen LogP contribution in [0.2, 0.25) is 0 Å². The molecule has 0 heterocycles. The van der Waals surface area contributed by atoms with Crippen LogP contribution in [0.25, 0.3) is 0 Å². The lowest BCUT2D eigenvalue weighted by atomic mass is 10.2. The van der Waals surface area contributed by atoms with E-state index in [9.17, 15) is 28.1 Å². The summed E-state index contributed by atoms with van der Waals surface area (Å²) in [6.45, 7) is 0.664. The molecule has 1 atom stereocenters. The third-order valence-corrected chi connectivity index (χ3v) is 5.22. The number of carboxylic acids is 1. The van der Waals surface area contributed by atoms with Gasteiger partial charge in [-0.1, -0.05) is 12.1 Å². The number of carbonyl (C=O) groups excluding carboxylic acids is 1. The van der Waals surface area contributed by atoms with Crippen molar-refractivity contribution in [3.8, 4) is 0 Å². The van der Waals surface area contributed by atoms with Crippen LogP contribution < -0.4 is 4.72 Å². The second-order valence-electron chi connectivity index (χ2n) is 5.60. The molecular weight excluding hydrogens is 354 g/mol. The van der Waals surface area contributed by atoms with E-state index in [0.29, 0.717) is 12.8 Å². The molecule has 1 saturated carbocycles. The smallest absolute Gasteiger partial charge is 0.326 e. The summed E-state index contributed by atoms with van der Waals surface area (Å²) < 4.78 is 26.6. The maximum Gasteiger partial charge on any atom is 0.326 e. The number of carboxylic acid groups (broad SMARTS) is 1. The van der Waals surface area contributed by atoms with E-state index in [4.69, 9.17) is 5.11 Å². The van der Waals surface area contributed by atoms with Gasteiger partial charge < -0.3 is 10.0 Å². The number of benzene rings is 1. The molecule has 11 heteroatoms. The minimum absolute atomic E-state index is 0.228. The number of nitrogens with one attached hydrogen (secondary N) is 1. The molecule has 0 spiro atoms. The Bertz CT molecular complexity index is 804. The molecule has 1 aliphatic rings. The number of nitro groups is 1. The highest BCUT2D eigenvalue weighted by Crippen LogP contribution is 2.29.